The fourth-order valence-electron chi connectivity index (χ4n) is 2.27. The molecule has 2 heteroatoms. The summed E-state index contributed by atoms with van der Waals surface area (Å²) in [5, 5.41) is 0. The Morgan fingerprint density at radius 3 is 2.68 bits per heavy atom. The average Bonchev–Trinajstić information content (AvgIpc) is 3.20. The highest BCUT2D eigenvalue weighted by atomic mass is 16.5. The van der Waals surface area contributed by atoms with Crippen LogP contribution in [-0.2, 0) is 12.8 Å². The molecular formula is C17H27NO. The van der Waals surface area contributed by atoms with Crippen molar-refractivity contribution in [3.63, 3.8) is 0 Å². The molecule has 0 unspecified atom stereocenters. The number of aryl methyl sites for hydroxylation is 2. The number of hydrogen-bond donors (Lipinski definition) is 0. The molecule has 1 fully saturated rings. The highest BCUT2D eigenvalue weighted by Gasteiger charge is 2.22. The molecule has 106 valence electrons. The zero-order valence-electron chi connectivity index (χ0n) is 12.6. The lowest BCUT2D eigenvalue weighted by atomic mass is 10.0. The Labute approximate surface area is 117 Å². The van der Waals surface area contributed by atoms with E-state index in [4.69, 9.17) is 4.74 Å². The number of benzene rings is 1. The minimum Gasteiger partial charge on any atom is -0.493 e. The van der Waals surface area contributed by atoms with Crippen LogP contribution in [0.25, 0.3) is 0 Å². The van der Waals surface area contributed by atoms with Gasteiger partial charge < -0.3 is 9.64 Å². The molecule has 1 aromatic rings. The van der Waals surface area contributed by atoms with E-state index in [-0.39, 0.29) is 0 Å². The minimum atomic E-state index is 0.820. The van der Waals surface area contributed by atoms with E-state index in [1.807, 2.05) is 0 Å². The van der Waals surface area contributed by atoms with E-state index in [2.05, 4.69) is 44.1 Å². The van der Waals surface area contributed by atoms with E-state index in [1.54, 1.807) is 0 Å². The molecule has 0 aromatic heterocycles. The predicted octanol–water partition coefficient (Wildman–Crippen LogP) is 3.53. The van der Waals surface area contributed by atoms with Gasteiger partial charge in [-0.15, -0.1) is 0 Å². The molecule has 0 atom stereocenters. The first-order chi connectivity index (χ1) is 9.19. The third kappa shape index (κ3) is 4.87. The molecule has 0 radical (unpaired) electrons. The molecule has 1 aromatic carbocycles. The van der Waals surface area contributed by atoms with Crippen molar-refractivity contribution in [3.8, 4) is 5.75 Å². The first-order valence-corrected chi connectivity index (χ1v) is 7.58. The summed E-state index contributed by atoms with van der Waals surface area (Å²) in [5.41, 5.74) is 2.81. The number of rotatable bonds is 8. The molecule has 1 aliphatic rings. The highest BCUT2D eigenvalue weighted by Crippen LogP contribution is 2.31. The third-order valence-corrected chi connectivity index (χ3v) is 3.76. The zero-order chi connectivity index (χ0) is 13.7. The van der Waals surface area contributed by atoms with Crippen molar-refractivity contribution in [1.29, 1.82) is 0 Å². The van der Waals surface area contributed by atoms with Gasteiger partial charge in [-0.25, -0.2) is 0 Å². The quantitative estimate of drug-likeness (QED) is 0.710. The van der Waals surface area contributed by atoms with Crippen molar-refractivity contribution in [1.82, 2.24) is 4.90 Å². The largest absolute Gasteiger partial charge is 0.493 e. The summed E-state index contributed by atoms with van der Waals surface area (Å²) in [6.07, 6.45) is 6.11. The molecule has 19 heavy (non-hydrogen) atoms. The first kappa shape index (κ1) is 14.4. The van der Waals surface area contributed by atoms with Gasteiger partial charge in [-0.05, 0) is 75.9 Å². The third-order valence-electron chi connectivity index (χ3n) is 3.76. The Hall–Kier alpha value is -1.02. The Morgan fingerprint density at radius 2 is 2.05 bits per heavy atom. The Kier molecular flexibility index (Phi) is 5.26. The summed E-state index contributed by atoms with van der Waals surface area (Å²) >= 11 is 0. The Bertz CT molecular complexity index is 396. The molecule has 2 rings (SSSR count). The number of hydrogen-bond acceptors (Lipinski definition) is 2. The van der Waals surface area contributed by atoms with Crippen molar-refractivity contribution in [2.45, 2.75) is 39.0 Å². The number of ether oxygens (including phenoxy) is 1. The van der Waals surface area contributed by atoms with Crippen molar-refractivity contribution in [2.24, 2.45) is 5.92 Å². The van der Waals surface area contributed by atoms with E-state index >= 15 is 0 Å². The summed E-state index contributed by atoms with van der Waals surface area (Å²) in [5.74, 6) is 1.93. The summed E-state index contributed by atoms with van der Waals surface area (Å²) in [4.78, 5) is 2.24. The fourth-order valence-corrected chi connectivity index (χ4v) is 2.27. The maximum Gasteiger partial charge on any atom is 0.122 e. The summed E-state index contributed by atoms with van der Waals surface area (Å²) in [6.45, 7) is 4.26. The van der Waals surface area contributed by atoms with E-state index in [1.165, 1.54) is 30.4 Å². The van der Waals surface area contributed by atoms with E-state index in [0.717, 1.165) is 37.7 Å². The molecule has 0 spiro atoms. The lowest BCUT2D eigenvalue weighted by molar-refractivity contribution is 0.296. The lowest BCUT2D eigenvalue weighted by Crippen LogP contribution is -2.13. The standard InChI is InChI=1S/C17H27NO/c1-4-14-9-10-17(19-13-15-7-8-15)16(12-14)6-5-11-18(2)3/h9-10,12,15H,4-8,11,13H2,1-3H3. The number of nitrogens with zero attached hydrogens (tertiary/aromatic N) is 1. The Morgan fingerprint density at radius 1 is 1.26 bits per heavy atom. The van der Waals surface area contributed by atoms with E-state index in [9.17, 15) is 0 Å². The fraction of sp³-hybridized carbons (Fsp3) is 0.647. The molecule has 2 nitrogen and oxygen atoms in total. The molecule has 1 aliphatic carbocycles. The topological polar surface area (TPSA) is 12.5 Å². The first-order valence-electron chi connectivity index (χ1n) is 7.58. The van der Waals surface area contributed by atoms with Crippen molar-refractivity contribution in [3.05, 3.63) is 29.3 Å². The minimum absolute atomic E-state index is 0.820. The van der Waals surface area contributed by atoms with Crippen LogP contribution in [0.1, 0.15) is 37.3 Å². The maximum atomic E-state index is 6.00. The molecule has 0 amide bonds. The second-order valence-corrected chi connectivity index (χ2v) is 5.96. The van der Waals surface area contributed by atoms with Gasteiger partial charge in [0.1, 0.15) is 5.75 Å². The van der Waals surface area contributed by atoms with Crippen molar-refractivity contribution < 1.29 is 4.74 Å². The maximum absolute atomic E-state index is 6.00. The van der Waals surface area contributed by atoms with Crippen molar-refractivity contribution >= 4 is 0 Å². The SMILES string of the molecule is CCc1ccc(OCC2CC2)c(CCCN(C)C)c1. The summed E-state index contributed by atoms with van der Waals surface area (Å²) in [7, 11) is 4.26. The van der Waals surface area contributed by atoms with Crippen LogP contribution in [-0.4, -0.2) is 32.1 Å². The average molecular weight is 261 g/mol. The van der Waals surface area contributed by atoms with Gasteiger partial charge in [-0.1, -0.05) is 19.1 Å². The van der Waals surface area contributed by atoms with Gasteiger partial charge in [-0.2, -0.15) is 0 Å². The second-order valence-electron chi connectivity index (χ2n) is 5.96. The van der Waals surface area contributed by atoms with Gasteiger partial charge >= 0.3 is 0 Å². The monoisotopic (exact) mass is 261 g/mol. The molecule has 0 saturated heterocycles. The van der Waals surface area contributed by atoms with E-state index < -0.39 is 0 Å². The molecule has 0 bridgehead atoms. The second kappa shape index (κ2) is 6.95. The summed E-state index contributed by atoms with van der Waals surface area (Å²) in [6, 6.07) is 6.71. The van der Waals surface area contributed by atoms with Crippen LogP contribution in [0.5, 0.6) is 5.75 Å². The van der Waals surface area contributed by atoms with Crippen LogP contribution in [0, 0.1) is 5.92 Å². The predicted molar refractivity (Wildman–Crippen MR) is 80.9 cm³/mol. The van der Waals surface area contributed by atoms with Gasteiger partial charge in [0.2, 0.25) is 0 Å². The van der Waals surface area contributed by atoms with Crippen LogP contribution in [0.4, 0.5) is 0 Å². The van der Waals surface area contributed by atoms with Crippen LogP contribution >= 0.6 is 0 Å². The van der Waals surface area contributed by atoms with Gasteiger partial charge in [0, 0.05) is 0 Å². The Balaban J connectivity index is 1.97. The summed E-state index contributed by atoms with van der Waals surface area (Å²) < 4.78 is 6.00. The molecule has 1 saturated carbocycles. The van der Waals surface area contributed by atoms with Crippen LogP contribution in [0.15, 0.2) is 18.2 Å². The van der Waals surface area contributed by atoms with Crippen LogP contribution in [0.3, 0.4) is 0 Å². The van der Waals surface area contributed by atoms with Gasteiger partial charge in [0.25, 0.3) is 0 Å². The highest BCUT2D eigenvalue weighted by molar-refractivity contribution is 5.37. The van der Waals surface area contributed by atoms with Crippen LogP contribution < -0.4 is 4.74 Å². The molecule has 0 N–H and O–H groups in total. The van der Waals surface area contributed by atoms with Gasteiger partial charge in [-0.3, -0.25) is 0 Å². The molecule has 0 heterocycles. The van der Waals surface area contributed by atoms with Gasteiger partial charge in [0.15, 0.2) is 0 Å². The van der Waals surface area contributed by atoms with E-state index in [0.29, 0.717) is 0 Å². The zero-order valence-corrected chi connectivity index (χ0v) is 12.6. The molecule has 0 aliphatic heterocycles. The van der Waals surface area contributed by atoms with Crippen LogP contribution in [0.2, 0.25) is 0 Å². The van der Waals surface area contributed by atoms with Gasteiger partial charge in [0.05, 0.1) is 6.61 Å². The molecular weight excluding hydrogens is 234 g/mol. The smallest absolute Gasteiger partial charge is 0.122 e. The van der Waals surface area contributed by atoms with Crippen molar-refractivity contribution in [2.75, 3.05) is 27.2 Å². The lowest BCUT2D eigenvalue weighted by Gasteiger charge is -2.14. The normalized spacial score (nSPS) is 14.9.